The van der Waals surface area contributed by atoms with E-state index in [1.807, 2.05) is 6.92 Å². The van der Waals surface area contributed by atoms with Crippen molar-refractivity contribution in [2.24, 2.45) is 0 Å². The summed E-state index contributed by atoms with van der Waals surface area (Å²) < 4.78 is 0. The van der Waals surface area contributed by atoms with E-state index >= 15 is 0 Å². The number of anilines is 1. The monoisotopic (exact) mass is 263 g/mol. The number of nitrogens with zero attached hydrogens (tertiary/aromatic N) is 3. The van der Waals surface area contributed by atoms with Crippen LogP contribution in [0.1, 0.15) is 19.5 Å². The maximum atomic E-state index is 11.5. The van der Waals surface area contributed by atoms with E-state index < -0.39 is 0 Å². The number of nitrogens with one attached hydrogen (secondary N) is 2. The molecule has 0 aliphatic carbocycles. The fourth-order valence-electron chi connectivity index (χ4n) is 1.88. The molecule has 1 aliphatic rings. The Morgan fingerprint density at radius 3 is 2.84 bits per heavy atom. The lowest BCUT2D eigenvalue weighted by molar-refractivity contribution is -0.139. The minimum Gasteiger partial charge on any atom is -0.369 e. The summed E-state index contributed by atoms with van der Waals surface area (Å²) in [6.45, 7) is 5.16. The van der Waals surface area contributed by atoms with Gasteiger partial charge in [-0.1, -0.05) is 0 Å². The Morgan fingerprint density at radius 2 is 2.21 bits per heavy atom. The summed E-state index contributed by atoms with van der Waals surface area (Å²) in [5, 5.41) is 5.36. The molecule has 2 rings (SSSR count). The molecule has 1 atom stereocenters. The minimum atomic E-state index is -0.340. The van der Waals surface area contributed by atoms with Gasteiger partial charge < -0.3 is 5.32 Å². The summed E-state index contributed by atoms with van der Waals surface area (Å²) in [6.07, 6.45) is 3.30. The lowest BCUT2D eigenvalue weighted by atomic mass is 10.2. The molecule has 1 aromatic rings. The second-order valence-electron chi connectivity index (χ2n) is 4.42. The second-order valence-corrected chi connectivity index (χ2v) is 4.42. The van der Waals surface area contributed by atoms with Crippen LogP contribution in [-0.4, -0.2) is 45.8 Å². The molecule has 0 spiro atoms. The number of carbonyl (C=O) groups excluding carboxylic acids is 2. The van der Waals surface area contributed by atoms with E-state index in [2.05, 4.69) is 20.6 Å². The van der Waals surface area contributed by atoms with Gasteiger partial charge >= 0.3 is 0 Å². The zero-order valence-electron chi connectivity index (χ0n) is 11.0. The van der Waals surface area contributed by atoms with Crippen molar-refractivity contribution in [2.45, 2.75) is 26.4 Å². The summed E-state index contributed by atoms with van der Waals surface area (Å²) in [6, 6.07) is -0.340. The molecular formula is C12H17N5O2. The molecule has 2 amide bonds. The Balaban J connectivity index is 2.03. The molecule has 1 aliphatic heterocycles. The molecule has 1 unspecified atom stereocenters. The number of hydrogen-bond donors (Lipinski definition) is 2. The second kappa shape index (κ2) is 5.75. The van der Waals surface area contributed by atoms with Gasteiger partial charge in [-0.3, -0.25) is 24.8 Å². The lowest BCUT2D eigenvalue weighted by Gasteiger charge is -2.31. The highest BCUT2D eigenvalue weighted by molar-refractivity contribution is 6.00. The Morgan fingerprint density at radius 1 is 1.42 bits per heavy atom. The van der Waals surface area contributed by atoms with Gasteiger partial charge in [-0.2, -0.15) is 0 Å². The van der Waals surface area contributed by atoms with Crippen LogP contribution in [0.3, 0.4) is 0 Å². The smallest absolute Gasteiger partial charge is 0.243 e. The predicted octanol–water partition coefficient (Wildman–Crippen LogP) is -0.245. The average molecular weight is 263 g/mol. The number of hydrogen-bond acceptors (Lipinski definition) is 6. The van der Waals surface area contributed by atoms with E-state index in [1.165, 1.54) is 0 Å². The molecule has 2 heterocycles. The van der Waals surface area contributed by atoms with Gasteiger partial charge in [0.05, 0.1) is 30.7 Å². The SMILES string of the molecule is CCNc1cnc(CN2CC(=O)NC(=O)C2C)cn1. The third-order valence-corrected chi connectivity index (χ3v) is 2.96. The van der Waals surface area contributed by atoms with E-state index in [0.717, 1.165) is 12.2 Å². The molecule has 0 radical (unpaired) electrons. The van der Waals surface area contributed by atoms with Crippen LogP contribution in [0.5, 0.6) is 0 Å². The molecule has 7 heteroatoms. The van der Waals surface area contributed by atoms with E-state index in [4.69, 9.17) is 0 Å². The van der Waals surface area contributed by atoms with Crippen molar-refractivity contribution in [3.05, 3.63) is 18.1 Å². The van der Waals surface area contributed by atoms with Crippen LogP contribution in [-0.2, 0) is 16.1 Å². The number of amides is 2. The minimum absolute atomic E-state index is 0.198. The first-order valence-corrected chi connectivity index (χ1v) is 6.22. The number of aromatic nitrogens is 2. The summed E-state index contributed by atoms with van der Waals surface area (Å²) in [5.74, 6) is 0.167. The van der Waals surface area contributed by atoms with Crippen LogP contribution >= 0.6 is 0 Å². The highest BCUT2D eigenvalue weighted by atomic mass is 16.2. The quantitative estimate of drug-likeness (QED) is 0.729. The standard InChI is InChI=1S/C12H17N5O2/c1-3-13-10-5-14-9(4-15-10)6-17-7-11(18)16-12(19)8(17)2/h4-5,8H,3,6-7H2,1-2H3,(H,13,15)(H,16,18,19). The maximum absolute atomic E-state index is 11.5. The lowest BCUT2D eigenvalue weighted by Crippen LogP contribution is -2.56. The van der Waals surface area contributed by atoms with Gasteiger partial charge in [-0.15, -0.1) is 0 Å². The number of rotatable bonds is 4. The van der Waals surface area contributed by atoms with Gasteiger partial charge in [0.2, 0.25) is 11.8 Å². The van der Waals surface area contributed by atoms with Gasteiger partial charge in [0, 0.05) is 13.1 Å². The van der Waals surface area contributed by atoms with E-state index in [9.17, 15) is 9.59 Å². The van der Waals surface area contributed by atoms with Crippen LogP contribution in [0.2, 0.25) is 0 Å². The highest BCUT2D eigenvalue weighted by Gasteiger charge is 2.30. The molecule has 1 fully saturated rings. The third-order valence-electron chi connectivity index (χ3n) is 2.96. The Bertz CT molecular complexity index is 474. The first-order valence-electron chi connectivity index (χ1n) is 6.22. The fourth-order valence-corrected chi connectivity index (χ4v) is 1.88. The van der Waals surface area contributed by atoms with Crippen LogP contribution in [0.25, 0.3) is 0 Å². The van der Waals surface area contributed by atoms with Crippen molar-refractivity contribution in [3.63, 3.8) is 0 Å². The van der Waals surface area contributed by atoms with Gasteiger partial charge in [-0.25, -0.2) is 4.98 Å². The molecule has 19 heavy (non-hydrogen) atoms. The molecule has 7 nitrogen and oxygen atoms in total. The highest BCUT2D eigenvalue weighted by Crippen LogP contribution is 2.10. The Hall–Kier alpha value is -2.02. The molecule has 1 aromatic heterocycles. The van der Waals surface area contributed by atoms with Crippen LogP contribution in [0.4, 0.5) is 5.82 Å². The number of piperazine rings is 1. The molecule has 0 aromatic carbocycles. The van der Waals surface area contributed by atoms with Crippen LogP contribution < -0.4 is 10.6 Å². The van der Waals surface area contributed by atoms with Crippen LogP contribution in [0, 0.1) is 0 Å². The molecular weight excluding hydrogens is 246 g/mol. The fraction of sp³-hybridized carbons (Fsp3) is 0.500. The Labute approximate surface area is 111 Å². The molecule has 0 saturated carbocycles. The van der Waals surface area contributed by atoms with E-state index in [1.54, 1.807) is 24.2 Å². The molecule has 2 N–H and O–H groups in total. The summed E-state index contributed by atoms with van der Waals surface area (Å²) in [7, 11) is 0. The normalized spacial score (nSPS) is 20.2. The summed E-state index contributed by atoms with van der Waals surface area (Å²) in [5.41, 5.74) is 0.732. The zero-order chi connectivity index (χ0) is 13.8. The van der Waals surface area contributed by atoms with E-state index in [0.29, 0.717) is 12.4 Å². The average Bonchev–Trinajstić information content (AvgIpc) is 2.38. The van der Waals surface area contributed by atoms with Crippen molar-refractivity contribution >= 4 is 17.6 Å². The van der Waals surface area contributed by atoms with Crippen molar-refractivity contribution in [2.75, 3.05) is 18.4 Å². The van der Waals surface area contributed by atoms with Crippen molar-refractivity contribution in [1.82, 2.24) is 20.2 Å². The largest absolute Gasteiger partial charge is 0.369 e. The summed E-state index contributed by atoms with van der Waals surface area (Å²) in [4.78, 5) is 33.1. The first kappa shape index (κ1) is 13.4. The topological polar surface area (TPSA) is 87.2 Å². The zero-order valence-corrected chi connectivity index (χ0v) is 11.0. The molecule has 1 saturated heterocycles. The van der Waals surface area contributed by atoms with Gasteiger partial charge in [0.15, 0.2) is 0 Å². The predicted molar refractivity (Wildman–Crippen MR) is 69.2 cm³/mol. The number of imide groups is 1. The van der Waals surface area contributed by atoms with E-state index in [-0.39, 0.29) is 24.4 Å². The van der Waals surface area contributed by atoms with Gasteiger partial charge in [0.25, 0.3) is 0 Å². The van der Waals surface area contributed by atoms with Gasteiger partial charge in [0.1, 0.15) is 5.82 Å². The van der Waals surface area contributed by atoms with Crippen molar-refractivity contribution in [1.29, 1.82) is 0 Å². The van der Waals surface area contributed by atoms with Crippen molar-refractivity contribution < 1.29 is 9.59 Å². The summed E-state index contributed by atoms with van der Waals surface area (Å²) >= 11 is 0. The Kier molecular flexibility index (Phi) is 4.06. The van der Waals surface area contributed by atoms with Crippen molar-refractivity contribution in [3.8, 4) is 0 Å². The number of carbonyl (C=O) groups is 2. The third kappa shape index (κ3) is 3.25. The maximum Gasteiger partial charge on any atom is 0.243 e. The van der Waals surface area contributed by atoms with Crippen LogP contribution in [0.15, 0.2) is 12.4 Å². The molecule has 0 bridgehead atoms. The van der Waals surface area contributed by atoms with Gasteiger partial charge in [-0.05, 0) is 13.8 Å². The molecule has 102 valence electrons. The first-order chi connectivity index (χ1) is 9.10.